The molecule has 1 saturated heterocycles. The monoisotopic (exact) mass is 238 g/mol. The van der Waals surface area contributed by atoms with E-state index in [-0.39, 0.29) is 31.8 Å². The highest BCUT2D eigenvalue weighted by molar-refractivity contribution is 5.85. The summed E-state index contributed by atoms with van der Waals surface area (Å²) in [6.07, 6.45) is -4.19. The summed E-state index contributed by atoms with van der Waals surface area (Å²) in [5, 5.41) is 0. The van der Waals surface area contributed by atoms with Gasteiger partial charge in [0.05, 0.1) is 11.5 Å². The molecular formula is C10H17F3N2O. The summed E-state index contributed by atoms with van der Waals surface area (Å²) in [5.74, 6) is -1.56. The number of likely N-dealkylation sites (tertiary alicyclic amines) is 1. The summed E-state index contributed by atoms with van der Waals surface area (Å²) < 4.78 is 37.1. The highest BCUT2D eigenvalue weighted by Crippen LogP contribution is 2.34. The summed E-state index contributed by atoms with van der Waals surface area (Å²) in [6.45, 7) is 3.41. The minimum atomic E-state index is -4.15. The van der Waals surface area contributed by atoms with Crippen molar-refractivity contribution < 1.29 is 18.0 Å². The van der Waals surface area contributed by atoms with Crippen LogP contribution in [0, 0.1) is 5.92 Å². The van der Waals surface area contributed by atoms with Crippen molar-refractivity contribution in [2.75, 3.05) is 13.1 Å². The lowest BCUT2D eigenvalue weighted by molar-refractivity contribution is -0.187. The fraction of sp³-hybridized carbons (Fsp3) is 0.900. The van der Waals surface area contributed by atoms with Gasteiger partial charge in [0, 0.05) is 13.1 Å². The molecule has 0 spiro atoms. The molecule has 1 aliphatic heterocycles. The Morgan fingerprint density at radius 2 is 1.69 bits per heavy atom. The summed E-state index contributed by atoms with van der Waals surface area (Å²) >= 11 is 0. The summed E-state index contributed by atoms with van der Waals surface area (Å²) in [6, 6.07) is 0. The van der Waals surface area contributed by atoms with E-state index in [0.29, 0.717) is 0 Å². The van der Waals surface area contributed by atoms with Gasteiger partial charge in [-0.2, -0.15) is 13.2 Å². The molecule has 1 heterocycles. The maximum Gasteiger partial charge on any atom is 0.391 e. The molecule has 0 radical (unpaired) electrons. The summed E-state index contributed by atoms with van der Waals surface area (Å²) in [5.41, 5.74) is 4.61. The van der Waals surface area contributed by atoms with Crippen LogP contribution in [0.15, 0.2) is 0 Å². The minimum absolute atomic E-state index is 0.0225. The van der Waals surface area contributed by atoms with E-state index in [4.69, 9.17) is 5.73 Å². The SMILES string of the molecule is CC(C)(N)C(=O)N1CCC(C(F)(F)F)CC1. The van der Waals surface area contributed by atoms with Crippen molar-refractivity contribution >= 4 is 5.91 Å². The molecule has 94 valence electrons. The molecular weight excluding hydrogens is 221 g/mol. The predicted octanol–water partition coefficient (Wildman–Crippen LogP) is 1.52. The van der Waals surface area contributed by atoms with Crippen molar-refractivity contribution in [3.8, 4) is 0 Å². The number of halogens is 3. The molecule has 16 heavy (non-hydrogen) atoms. The minimum Gasteiger partial charge on any atom is -0.341 e. The second-order valence-electron chi connectivity index (χ2n) is 4.83. The molecule has 1 rings (SSSR count). The molecule has 6 heteroatoms. The fourth-order valence-corrected chi connectivity index (χ4v) is 1.82. The van der Waals surface area contributed by atoms with Crippen molar-refractivity contribution in [1.82, 2.24) is 4.90 Å². The molecule has 0 saturated carbocycles. The number of carbonyl (C=O) groups is 1. The lowest BCUT2D eigenvalue weighted by Gasteiger charge is -2.36. The predicted molar refractivity (Wildman–Crippen MR) is 53.6 cm³/mol. The number of hydrogen-bond donors (Lipinski definition) is 1. The number of hydrogen-bond acceptors (Lipinski definition) is 2. The van der Waals surface area contributed by atoms with Crippen LogP contribution in [0.4, 0.5) is 13.2 Å². The first-order valence-electron chi connectivity index (χ1n) is 5.27. The van der Waals surface area contributed by atoms with E-state index in [9.17, 15) is 18.0 Å². The molecule has 2 N–H and O–H groups in total. The molecule has 3 nitrogen and oxygen atoms in total. The fourth-order valence-electron chi connectivity index (χ4n) is 1.82. The van der Waals surface area contributed by atoms with E-state index in [1.54, 1.807) is 13.8 Å². The average molecular weight is 238 g/mol. The maximum absolute atomic E-state index is 12.4. The maximum atomic E-state index is 12.4. The largest absolute Gasteiger partial charge is 0.391 e. The van der Waals surface area contributed by atoms with Gasteiger partial charge in [0.1, 0.15) is 0 Å². The smallest absolute Gasteiger partial charge is 0.341 e. The molecule has 0 aromatic heterocycles. The third kappa shape index (κ3) is 3.10. The van der Waals surface area contributed by atoms with E-state index in [2.05, 4.69) is 0 Å². The Labute approximate surface area is 92.8 Å². The summed E-state index contributed by atoms with van der Waals surface area (Å²) in [4.78, 5) is 13.1. The number of nitrogens with two attached hydrogens (primary N) is 1. The van der Waals surface area contributed by atoms with Gasteiger partial charge in [-0.15, -0.1) is 0 Å². The molecule has 1 aliphatic rings. The Kier molecular flexibility index (Phi) is 3.52. The first-order chi connectivity index (χ1) is 7.12. The van der Waals surface area contributed by atoms with Crippen molar-refractivity contribution in [3.05, 3.63) is 0 Å². The molecule has 0 aliphatic carbocycles. The van der Waals surface area contributed by atoms with Crippen LogP contribution in [0.2, 0.25) is 0 Å². The zero-order chi connectivity index (χ0) is 12.6. The van der Waals surface area contributed by atoms with E-state index >= 15 is 0 Å². The van der Waals surface area contributed by atoms with Crippen LogP contribution in [0.1, 0.15) is 26.7 Å². The Bertz CT molecular complexity index is 262. The number of amides is 1. The van der Waals surface area contributed by atoms with Gasteiger partial charge < -0.3 is 10.6 Å². The molecule has 0 aromatic rings. The van der Waals surface area contributed by atoms with E-state index in [0.717, 1.165) is 0 Å². The standard InChI is InChI=1S/C10H17F3N2O/c1-9(2,14)8(16)15-5-3-7(4-6-15)10(11,12)13/h7H,3-6,14H2,1-2H3. The first kappa shape index (κ1) is 13.3. The molecule has 1 fully saturated rings. The number of rotatable bonds is 1. The number of carbonyl (C=O) groups excluding carboxylic acids is 1. The zero-order valence-electron chi connectivity index (χ0n) is 9.47. The van der Waals surface area contributed by atoms with Crippen LogP contribution < -0.4 is 5.73 Å². The lowest BCUT2D eigenvalue weighted by atomic mass is 9.94. The van der Waals surface area contributed by atoms with Crippen LogP contribution in [0.5, 0.6) is 0 Å². The Morgan fingerprint density at radius 1 is 1.25 bits per heavy atom. The Hall–Kier alpha value is -0.780. The third-order valence-corrected chi connectivity index (χ3v) is 2.80. The quantitative estimate of drug-likeness (QED) is 0.753. The Balaban J connectivity index is 2.53. The van der Waals surface area contributed by atoms with Gasteiger partial charge in [0.15, 0.2) is 0 Å². The lowest BCUT2D eigenvalue weighted by Crippen LogP contribution is -2.53. The number of alkyl halides is 3. The topological polar surface area (TPSA) is 46.3 Å². The number of piperidine rings is 1. The molecule has 0 atom stereocenters. The second-order valence-corrected chi connectivity index (χ2v) is 4.83. The number of nitrogens with zero attached hydrogens (tertiary/aromatic N) is 1. The van der Waals surface area contributed by atoms with Crippen LogP contribution >= 0.6 is 0 Å². The average Bonchev–Trinajstić information content (AvgIpc) is 2.14. The zero-order valence-corrected chi connectivity index (χ0v) is 9.47. The van der Waals surface area contributed by atoms with E-state index in [1.807, 2.05) is 0 Å². The van der Waals surface area contributed by atoms with Gasteiger partial charge in [-0.1, -0.05) is 0 Å². The van der Waals surface area contributed by atoms with Crippen LogP contribution in [0.3, 0.4) is 0 Å². The molecule has 1 amide bonds. The van der Waals surface area contributed by atoms with Gasteiger partial charge in [-0.05, 0) is 26.7 Å². The van der Waals surface area contributed by atoms with Crippen molar-refractivity contribution in [1.29, 1.82) is 0 Å². The van der Waals surface area contributed by atoms with Gasteiger partial charge >= 0.3 is 6.18 Å². The highest BCUT2D eigenvalue weighted by atomic mass is 19.4. The summed E-state index contributed by atoms with van der Waals surface area (Å²) in [7, 11) is 0. The normalized spacial score (nSPS) is 20.0. The van der Waals surface area contributed by atoms with Crippen LogP contribution in [0.25, 0.3) is 0 Å². The highest BCUT2D eigenvalue weighted by Gasteiger charge is 2.42. The van der Waals surface area contributed by atoms with Gasteiger partial charge in [-0.3, -0.25) is 4.79 Å². The van der Waals surface area contributed by atoms with Crippen LogP contribution in [-0.4, -0.2) is 35.6 Å². The molecule has 0 bridgehead atoms. The third-order valence-electron chi connectivity index (χ3n) is 2.80. The van der Waals surface area contributed by atoms with Crippen LogP contribution in [-0.2, 0) is 4.79 Å². The van der Waals surface area contributed by atoms with Gasteiger partial charge in [0.25, 0.3) is 0 Å². The van der Waals surface area contributed by atoms with E-state index < -0.39 is 17.6 Å². The molecule has 0 aromatic carbocycles. The van der Waals surface area contributed by atoms with Gasteiger partial charge in [-0.25, -0.2) is 0 Å². The Morgan fingerprint density at radius 3 is 2.00 bits per heavy atom. The second kappa shape index (κ2) is 4.24. The van der Waals surface area contributed by atoms with Crippen molar-refractivity contribution in [2.45, 2.75) is 38.4 Å². The van der Waals surface area contributed by atoms with Crippen molar-refractivity contribution in [3.63, 3.8) is 0 Å². The molecule has 0 unspecified atom stereocenters. The van der Waals surface area contributed by atoms with Crippen molar-refractivity contribution in [2.24, 2.45) is 11.7 Å². The van der Waals surface area contributed by atoms with E-state index in [1.165, 1.54) is 4.90 Å². The first-order valence-corrected chi connectivity index (χ1v) is 5.27. The van der Waals surface area contributed by atoms with Gasteiger partial charge in [0.2, 0.25) is 5.91 Å².